The highest BCUT2D eigenvalue weighted by Crippen LogP contribution is 2.15. The maximum Gasteiger partial charge on any atom is 0.232 e. The van der Waals surface area contributed by atoms with Crippen LogP contribution in [0.15, 0.2) is 0 Å². The highest BCUT2D eigenvalue weighted by atomic mass is 35.7. The zero-order valence-corrected chi connectivity index (χ0v) is 9.44. The van der Waals surface area contributed by atoms with Crippen molar-refractivity contribution in [3.8, 4) is 0 Å². The Morgan fingerprint density at radius 3 is 2.69 bits per heavy atom. The van der Waals surface area contributed by atoms with E-state index < -0.39 is 9.05 Å². The molecule has 3 nitrogen and oxygen atoms in total. The van der Waals surface area contributed by atoms with Gasteiger partial charge in [0.25, 0.3) is 0 Å². The van der Waals surface area contributed by atoms with Crippen LogP contribution in [0.3, 0.4) is 0 Å². The van der Waals surface area contributed by atoms with E-state index in [1.54, 1.807) is 0 Å². The van der Waals surface area contributed by atoms with Crippen molar-refractivity contribution >= 4 is 19.7 Å². The summed E-state index contributed by atoms with van der Waals surface area (Å²) in [4.78, 5) is 2.30. The number of hydrogen-bond donors (Lipinski definition) is 0. The molecule has 78 valence electrons. The number of rotatable bonds is 4. The number of hydrogen-bond acceptors (Lipinski definition) is 3. The molecule has 1 unspecified atom stereocenters. The van der Waals surface area contributed by atoms with E-state index in [4.69, 9.17) is 10.7 Å². The Kier molecular flexibility index (Phi) is 4.01. The van der Waals surface area contributed by atoms with E-state index in [2.05, 4.69) is 11.8 Å². The lowest BCUT2D eigenvalue weighted by molar-refractivity contribution is 0.329. The molecule has 0 aromatic heterocycles. The lowest BCUT2D eigenvalue weighted by Crippen LogP contribution is -2.22. The summed E-state index contributed by atoms with van der Waals surface area (Å²) in [6, 6.07) is 0. The van der Waals surface area contributed by atoms with Crippen LogP contribution in [-0.2, 0) is 9.05 Å². The Hall–Kier alpha value is 0.200. The molecule has 1 heterocycles. The van der Waals surface area contributed by atoms with E-state index in [1.165, 1.54) is 6.42 Å². The van der Waals surface area contributed by atoms with Crippen LogP contribution < -0.4 is 0 Å². The first-order chi connectivity index (χ1) is 5.97. The lowest BCUT2D eigenvalue weighted by atomic mass is 10.2. The van der Waals surface area contributed by atoms with Gasteiger partial charge in [-0.05, 0) is 31.8 Å². The Labute approximate surface area is 84.5 Å². The first-order valence-corrected chi connectivity index (χ1v) is 7.10. The Morgan fingerprint density at radius 1 is 1.54 bits per heavy atom. The van der Waals surface area contributed by atoms with Crippen molar-refractivity contribution in [2.75, 3.05) is 25.4 Å². The molecule has 0 amide bonds. The van der Waals surface area contributed by atoms with Gasteiger partial charge in [0, 0.05) is 17.2 Å². The quantitative estimate of drug-likeness (QED) is 0.677. The fraction of sp³-hybridized carbons (Fsp3) is 1.00. The van der Waals surface area contributed by atoms with Crippen LogP contribution in [-0.4, -0.2) is 38.7 Å². The molecule has 1 aliphatic rings. The Bertz CT molecular complexity index is 253. The van der Waals surface area contributed by atoms with Crippen molar-refractivity contribution in [1.82, 2.24) is 4.90 Å². The minimum absolute atomic E-state index is 0.0967. The molecule has 0 aromatic carbocycles. The van der Waals surface area contributed by atoms with Gasteiger partial charge in [-0.25, -0.2) is 8.42 Å². The second-order valence-corrected chi connectivity index (χ2v) is 6.69. The largest absolute Gasteiger partial charge is 0.303 e. The highest BCUT2D eigenvalue weighted by Gasteiger charge is 2.18. The van der Waals surface area contributed by atoms with Crippen molar-refractivity contribution in [2.24, 2.45) is 5.92 Å². The summed E-state index contributed by atoms with van der Waals surface area (Å²) in [6.07, 6.45) is 1.88. The lowest BCUT2D eigenvalue weighted by Gasteiger charge is -2.13. The van der Waals surface area contributed by atoms with Gasteiger partial charge >= 0.3 is 0 Å². The fourth-order valence-electron chi connectivity index (χ4n) is 1.69. The van der Waals surface area contributed by atoms with Gasteiger partial charge in [-0.1, -0.05) is 6.92 Å². The zero-order chi connectivity index (χ0) is 9.90. The third kappa shape index (κ3) is 4.84. The summed E-state index contributed by atoms with van der Waals surface area (Å²) in [6.45, 7) is 5.28. The van der Waals surface area contributed by atoms with Gasteiger partial charge < -0.3 is 4.90 Å². The molecule has 1 atom stereocenters. The summed E-state index contributed by atoms with van der Waals surface area (Å²) in [5.74, 6) is 0.854. The molecule has 0 aromatic rings. The SMILES string of the molecule is CC1CCN(CCCS(=O)(=O)Cl)C1. The van der Waals surface area contributed by atoms with Crippen molar-refractivity contribution < 1.29 is 8.42 Å². The van der Waals surface area contributed by atoms with Gasteiger partial charge in [-0.3, -0.25) is 0 Å². The third-order valence-electron chi connectivity index (χ3n) is 2.37. The van der Waals surface area contributed by atoms with Gasteiger partial charge in [0.05, 0.1) is 5.75 Å². The first-order valence-electron chi connectivity index (χ1n) is 4.62. The van der Waals surface area contributed by atoms with E-state index in [1.807, 2.05) is 0 Å². The molecule has 0 saturated carbocycles. The van der Waals surface area contributed by atoms with Gasteiger partial charge in [0.15, 0.2) is 0 Å². The summed E-state index contributed by atoms with van der Waals surface area (Å²) in [5, 5.41) is 0. The molecule has 0 spiro atoms. The normalized spacial score (nSPS) is 25.2. The van der Waals surface area contributed by atoms with E-state index in [0.717, 1.165) is 25.6 Å². The average molecular weight is 226 g/mol. The number of halogens is 1. The smallest absolute Gasteiger partial charge is 0.232 e. The van der Waals surface area contributed by atoms with Crippen LogP contribution >= 0.6 is 10.7 Å². The molecule has 0 bridgehead atoms. The second-order valence-electron chi connectivity index (χ2n) is 3.79. The molecule has 0 N–H and O–H groups in total. The van der Waals surface area contributed by atoms with Gasteiger partial charge in [0.2, 0.25) is 9.05 Å². The molecule has 1 rings (SSSR count). The summed E-state index contributed by atoms with van der Waals surface area (Å²) < 4.78 is 21.2. The van der Waals surface area contributed by atoms with E-state index in [9.17, 15) is 8.42 Å². The van der Waals surface area contributed by atoms with Crippen molar-refractivity contribution in [1.29, 1.82) is 0 Å². The monoisotopic (exact) mass is 225 g/mol. The van der Waals surface area contributed by atoms with Gasteiger partial charge in [-0.2, -0.15) is 0 Å². The fourth-order valence-corrected chi connectivity index (χ4v) is 2.49. The molecular weight excluding hydrogens is 210 g/mol. The Morgan fingerprint density at radius 2 is 2.23 bits per heavy atom. The molecule has 13 heavy (non-hydrogen) atoms. The van der Waals surface area contributed by atoms with Crippen LogP contribution in [0.4, 0.5) is 0 Å². The zero-order valence-electron chi connectivity index (χ0n) is 7.87. The molecule has 1 aliphatic heterocycles. The van der Waals surface area contributed by atoms with E-state index in [-0.39, 0.29) is 5.75 Å². The molecule has 1 fully saturated rings. The summed E-state index contributed by atoms with van der Waals surface area (Å²) >= 11 is 0. The molecule has 5 heteroatoms. The molecule has 1 saturated heterocycles. The van der Waals surface area contributed by atoms with Crippen LogP contribution in [0, 0.1) is 5.92 Å². The van der Waals surface area contributed by atoms with Gasteiger partial charge in [0.1, 0.15) is 0 Å². The van der Waals surface area contributed by atoms with Gasteiger partial charge in [-0.15, -0.1) is 0 Å². The van der Waals surface area contributed by atoms with Crippen molar-refractivity contribution in [3.05, 3.63) is 0 Å². The first kappa shape index (κ1) is 11.3. The maximum atomic E-state index is 10.6. The van der Waals surface area contributed by atoms with Crippen molar-refractivity contribution in [3.63, 3.8) is 0 Å². The Balaban J connectivity index is 2.14. The average Bonchev–Trinajstić information content (AvgIpc) is 2.33. The van der Waals surface area contributed by atoms with Crippen LogP contribution in [0.5, 0.6) is 0 Å². The second kappa shape index (κ2) is 4.62. The predicted molar refractivity (Wildman–Crippen MR) is 54.5 cm³/mol. The summed E-state index contributed by atoms with van der Waals surface area (Å²) in [7, 11) is 1.82. The summed E-state index contributed by atoms with van der Waals surface area (Å²) in [5.41, 5.74) is 0. The highest BCUT2D eigenvalue weighted by molar-refractivity contribution is 8.13. The number of likely N-dealkylation sites (tertiary alicyclic amines) is 1. The minimum Gasteiger partial charge on any atom is -0.303 e. The van der Waals surface area contributed by atoms with Crippen LogP contribution in [0.25, 0.3) is 0 Å². The molecule has 0 aliphatic carbocycles. The van der Waals surface area contributed by atoms with Crippen LogP contribution in [0.1, 0.15) is 19.8 Å². The van der Waals surface area contributed by atoms with E-state index in [0.29, 0.717) is 6.42 Å². The predicted octanol–water partition coefficient (Wildman–Crippen LogP) is 1.29. The standard InChI is InChI=1S/C8H16ClNO2S/c1-8-3-5-10(7-8)4-2-6-13(9,11)12/h8H,2-7H2,1H3. The molecule has 0 radical (unpaired) electrons. The molecular formula is C8H16ClNO2S. The maximum absolute atomic E-state index is 10.6. The minimum atomic E-state index is -3.28. The van der Waals surface area contributed by atoms with Crippen LogP contribution in [0.2, 0.25) is 0 Å². The number of nitrogens with zero attached hydrogens (tertiary/aromatic N) is 1. The topological polar surface area (TPSA) is 37.4 Å². The third-order valence-corrected chi connectivity index (χ3v) is 3.61. The van der Waals surface area contributed by atoms with Crippen molar-refractivity contribution in [2.45, 2.75) is 19.8 Å². The van der Waals surface area contributed by atoms with E-state index >= 15 is 0 Å².